The van der Waals surface area contributed by atoms with Gasteiger partial charge in [-0.15, -0.1) is 0 Å². The molecule has 0 aliphatic rings. The maximum atomic E-state index is 12.8. The van der Waals surface area contributed by atoms with Gasteiger partial charge in [-0.05, 0) is 25.2 Å². The number of unbranched alkanes of at least 4 members (excludes halogenated alkanes) is 39. The molecule has 0 fully saturated rings. The Bertz CT molecular complexity index is 949. The van der Waals surface area contributed by atoms with Crippen molar-refractivity contribution in [2.75, 3.05) is 13.2 Å². The molecule has 0 amide bonds. The van der Waals surface area contributed by atoms with Crippen LogP contribution in [-0.4, -0.2) is 37.2 Å². The molecule has 6 heteroatoms. The van der Waals surface area contributed by atoms with Crippen molar-refractivity contribution in [2.24, 2.45) is 5.92 Å². The quantitative estimate of drug-likeness (QED) is 0.0344. The lowest BCUT2D eigenvalue weighted by Crippen LogP contribution is -2.30. The molecule has 0 N–H and O–H groups in total. The largest absolute Gasteiger partial charge is 0.462 e. The maximum Gasteiger partial charge on any atom is 0.306 e. The standard InChI is InChI=1S/C57H110O6/c1-5-7-9-11-13-15-17-18-19-20-21-22-23-26-29-33-37-41-45-49-56(59)62-52-54(51-61-55(58)48-44-40-36-32-16-14-12-10-8-6-2)63-57(60)50-46-42-38-34-30-27-24-25-28-31-35-39-43-47-53(3)4/h53-54H,5-52H2,1-4H3/t54-/m1/s1. The van der Waals surface area contributed by atoms with E-state index in [1.54, 1.807) is 0 Å². The zero-order chi connectivity index (χ0) is 45.9. The highest BCUT2D eigenvalue weighted by molar-refractivity contribution is 5.71. The van der Waals surface area contributed by atoms with Gasteiger partial charge in [-0.1, -0.05) is 285 Å². The summed E-state index contributed by atoms with van der Waals surface area (Å²) in [7, 11) is 0. The summed E-state index contributed by atoms with van der Waals surface area (Å²) in [5.74, 6) is -0.00124. The van der Waals surface area contributed by atoms with Gasteiger partial charge in [0.05, 0.1) is 0 Å². The first-order chi connectivity index (χ1) is 30.9. The lowest BCUT2D eigenvalue weighted by atomic mass is 10.0. The summed E-state index contributed by atoms with van der Waals surface area (Å²) in [6.07, 6.45) is 55.2. The van der Waals surface area contributed by atoms with Gasteiger partial charge in [0.25, 0.3) is 0 Å². The zero-order valence-corrected chi connectivity index (χ0v) is 43.0. The van der Waals surface area contributed by atoms with Crippen LogP contribution in [0.2, 0.25) is 0 Å². The highest BCUT2D eigenvalue weighted by Crippen LogP contribution is 2.18. The summed E-state index contributed by atoms with van der Waals surface area (Å²) in [6.45, 7) is 9.04. The number of esters is 3. The minimum absolute atomic E-state index is 0.0621. The van der Waals surface area contributed by atoms with Crippen molar-refractivity contribution in [3.8, 4) is 0 Å². The van der Waals surface area contributed by atoms with E-state index in [0.29, 0.717) is 19.3 Å². The molecule has 0 saturated heterocycles. The highest BCUT2D eigenvalue weighted by Gasteiger charge is 2.19. The van der Waals surface area contributed by atoms with E-state index in [1.807, 2.05) is 0 Å². The number of hydrogen-bond donors (Lipinski definition) is 0. The van der Waals surface area contributed by atoms with E-state index in [2.05, 4.69) is 27.7 Å². The Morgan fingerprint density at radius 1 is 0.302 bits per heavy atom. The molecule has 0 aromatic rings. The average Bonchev–Trinajstić information content (AvgIpc) is 3.27. The van der Waals surface area contributed by atoms with Crippen LogP contribution in [0.4, 0.5) is 0 Å². The van der Waals surface area contributed by atoms with Gasteiger partial charge in [0.1, 0.15) is 13.2 Å². The predicted molar refractivity (Wildman–Crippen MR) is 270 cm³/mol. The van der Waals surface area contributed by atoms with Gasteiger partial charge < -0.3 is 14.2 Å². The summed E-state index contributed by atoms with van der Waals surface area (Å²) in [5.41, 5.74) is 0. The third-order valence-electron chi connectivity index (χ3n) is 13.0. The summed E-state index contributed by atoms with van der Waals surface area (Å²) >= 11 is 0. The number of carbonyl (C=O) groups is 3. The Labute approximate surface area is 393 Å². The molecule has 0 heterocycles. The van der Waals surface area contributed by atoms with Crippen molar-refractivity contribution < 1.29 is 28.6 Å². The van der Waals surface area contributed by atoms with Gasteiger partial charge in [-0.3, -0.25) is 14.4 Å². The van der Waals surface area contributed by atoms with Gasteiger partial charge in [0, 0.05) is 19.3 Å². The lowest BCUT2D eigenvalue weighted by Gasteiger charge is -2.18. The molecule has 374 valence electrons. The van der Waals surface area contributed by atoms with E-state index in [-0.39, 0.29) is 31.1 Å². The molecule has 0 unspecified atom stereocenters. The molecule has 0 aliphatic carbocycles. The van der Waals surface area contributed by atoms with Crippen LogP contribution in [0.3, 0.4) is 0 Å². The van der Waals surface area contributed by atoms with Gasteiger partial charge >= 0.3 is 17.9 Å². The van der Waals surface area contributed by atoms with Crippen molar-refractivity contribution in [1.82, 2.24) is 0 Å². The topological polar surface area (TPSA) is 78.9 Å². The molecule has 6 nitrogen and oxygen atoms in total. The number of ether oxygens (including phenoxy) is 3. The monoisotopic (exact) mass is 891 g/mol. The van der Waals surface area contributed by atoms with Crippen LogP contribution in [0.25, 0.3) is 0 Å². The zero-order valence-electron chi connectivity index (χ0n) is 43.0. The number of carbonyl (C=O) groups excluding carboxylic acids is 3. The molecule has 1 atom stereocenters. The fourth-order valence-corrected chi connectivity index (χ4v) is 8.75. The smallest absolute Gasteiger partial charge is 0.306 e. The van der Waals surface area contributed by atoms with Crippen LogP contribution < -0.4 is 0 Å². The molecular formula is C57H110O6. The van der Waals surface area contributed by atoms with E-state index in [4.69, 9.17) is 14.2 Å². The summed E-state index contributed by atoms with van der Waals surface area (Å²) < 4.78 is 16.8. The van der Waals surface area contributed by atoms with E-state index < -0.39 is 6.10 Å². The van der Waals surface area contributed by atoms with E-state index in [0.717, 1.165) is 63.7 Å². The summed E-state index contributed by atoms with van der Waals surface area (Å²) in [5, 5.41) is 0. The molecule has 0 rings (SSSR count). The van der Waals surface area contributed by atoms with Crippen molar-refractivity contribution in [3.63, 3.8) is 0 Å². The van der Waals surface area contributed by atoms with Gasteiger partial charge in [-0.25, -0.2) is 0 Å². The third kappa shape index (κ3) is 51.3. The van der Waals surface area contributed by atoms with Crippen LogP contribution >= 0.6 is 0 Å². The van der Waals surface area contributed by atoms with Crippen molar-refractivity contribution >= 4 is 17.9 Å². The molecule has 0 radical (unpaired) electrons. The lowest BCUT2D eigenvalue weighted by molar-refractivity contribution is -0.167. The molecule has 0 spiro atoms. The second kappa shape index (κ2) is 51.4. The summed E-state index contributed by atoms with van der Waals surface area (Å²) in [4.78, 5) is 38.0. The Balaban J connectivity index is 4.23. The Kier molecular flexibility index (Phi) is 50.1. The summed E-state index contributed by atoms with van der Waals surface area (Å²) in [6, 6.07) is 0. The van der Waals surface area contributed by atoms with E-state index in [9.17, 15) is 14.4 Å². The van der Waals surface area contributed by atoms with E-state index >= 15 is 0 Å². The first-order valence-electron chi connectivity index (χ1n) is 28.4. The van der Waals surface area contributed by atoms with Crippen LogP contribution in [0.1, 0.15) is 323 Å². The van der Waals surface area contributed by atoms with Crippen LogP contribution in [0, 0.1) is 5.92 Å². The second-order valence-corrected chi connectivity index (χ2v) is 20.1. The average molecular weight is 892 g/mol. The second-order valence-electron chi connectivity index (χ2n) is 20.1. The molecule has 0 bridgehead atoms. The van der Waals surface area contributed by atoms with Crippen molar-refractivity contribution in [1.29, 1.82) is 0 Å². The van der Waals surface area contributed by atoms with Crippen molar-refractivity contribution in [2.45, 2.75) is 329 Å². The van der Waals surface area contributed by atoms with Gasteiger partial charge in [0.2, 0.25) is 0 Å². The minimum atomic E-state index is -0.761. The van der Waals surface area contributed by atoms with Crippen LogP contribution in [-0.2, 0) is 28.6 Å². The fraction of sp³-hybridized carbons (Fsp3) is 0.947. The first-order valence-corrected chi connectivity index (χ1v) is 28.4. The van der Waals surface area contributed by atoms with E-state index in [1.165, 1.54) is 218 Å². The molecule has 63 heavy (non-hydrogen) atoms. The minimum Gasteiger partial charge on any atom is -0.462 e. The van der Waals surface area contributed by atoms with Crippen molar-refractivity contribution in [3.05, 3.63) is 0 Å². The Morgan fingerprint density at radius 2 is 0.524 bits per heavy atom. The highest BCUT2D eigenvalue weighted by atomic mass is 16.6. The number of rotatable bonds is 52. The predicted octanol–water partition coefficient (Wildman–Crippen LogP) is 18.6. The molecule has 0 saturated carbocycles. The molecule has 0 aromatic carbocycles. The Hall–Kier alpha value is -1.59. The molecule has 0 aromatic heterocycles. The SMILES string of the molecule is CCCCCCCCCCCCCCCCCCCCCC(=O)OC[C@@H](COC(=O)CCCCCCCCCCCC)OC(=O)CCCCCCCCCCCCCCCC(C)C. The number of hydrogen-bond acceptors (Lipinski definition) is 6. The van der Waals surface area contributed by atoms with Crippen LogP contribution in [0.15, 0.2) is 0 Å². The first kappa shape index (κ1) is 61.4. The van der Waals surface area contributed by atoms with Gasteiger partial charge in [-0.2, -0.15) is 0 Å². The van der Waals surface area contributed by atoms with Crippen LogP contribution in [0.5, 0.6) is 0 Å². The van der Waals surface area contributed by atoms with Gasteiger partial charge in [0.15, 0.2) is 6.10 Å². The maximum absolute atomic E-state index is 12.8. The fourth-order valence-electron chi connectivity index (χ4n) is 8.75. The third-order valence-corrected chi connectivity index (χ3v) is 13.0. The Morgan fingerprint density at radius 3 is 0.778 bits per heavy atom. The molecule has 0 aliphatic heterocycles. The molecular weight excluding hydrogens is 781 g/mol. The normalized spacial score (nSPS) is 12.0.